The van der Waals surface area contributed by atoms with Crippen LogP contribution in [-0.2, 0) is 14.6 Å². The average molecular weight is 324 g/mol. The van der Waals surface area contributed by atoms with Crippen molar-refractivity contribution in [3.05, 3.63) is 56.3 Å². The summed E-state index contributed by atoms with van der Waals surface area (Å²) in [6.07, 6.45) is 4.43. The van der Waals surface area contributed by atoms with E-state index in [2.05, 4.69) is 0 Å². The first kappa shape index (κ1) is 14.9. The van der Waals surface area contributed by atoms with Crippen molar-refractivity contribution in [2.24, 2.45) is 0 Å². The lowest BCUT2D eigenvalue weighted by Crippen LogP contribution is -2.11. The summed E-state index contributed by atoms with van der Waals surface area (Å²) in [5, 5.41) is 8.57. The largest absolute Gasteiger partial charge is 0.294 e. The van der Waals surface area contributed by atoms with Gasteiger partial charge in [0.1, 0.15) is 5.75 Å². The maximum absolute atomic E-state index is 11.8. The van der Waals surface area contributed by atoms with E-state index in [1.165, 1.54) is 34.8 Å². The Morgan fingerprint density at radius 1 is 1.05 bits per heavy atom. The average Bonchev–Trinajstić information content (AvgIpc) is 3.07. The van der Waals surface area contributed by atoms with Gasteiger partial charge in [0.25, 0.3) is 0 Å². The van der Waals surface area contributed by atoms with Crippen molar-refractivity contribution < 1.29 is 13.2 Å². The topological polar surface area (TPSA) is 51.2 Å². The zero-order valence-electron chi connectivity index (χ0n) is 10.4. The molecule has 2 aromatic rings. The summed E-state index contributed by atoms with van der Waals surface area (Å²) in [6, 6.07) is 3.67. The second-order valence-corrected chi connectivity index (χ2v) is 7.47. The van der Waals surface area contributed by atoms with E-state index >= 15 is 0 Å². The lowest BCUT2D eigenvalue weighted by molar-refractivity contribution is -0.112. The fourth-order valence-electron chi connectivity index (χ4n) is 1.41. The molecule has 2 heterocycles. The van der Waals surface area contributed by atoms with E-state index in [-0.39, 0.29) is 0 Å². The molecule has 20 heavy (non-hydrogen) atoms. The highest BCUT2D eigenvalue weighted by Crippen LogP contribution is 2.10. The molecule has 0 aliphatic carbocycles. The Hall–Kier alpha value is -1.50. The predicted octanol–water partition coefficient (Wildman–Crippen LogP) is 3.48. The summed E-state index contributed by atoms with van der Waals surface area (Å²) in [5.41, 5.74) is 1.72. The Labute approximate surface area is 125 Å². The van der Waals surface area contributed by atoms with E-state index < -0.39 is 21.4 Å². The number of rotatable bonds is 6. The van der Waals surface area contributed by atoms with E-state index in [1.54, 1.807) is 6.08 Å². The second-order valence-electron chi connectivity index (χ2n) is 4.02. The van der Waals surface area contributed by atoms with Crippen molar-refractivity contribution in [3.8, 4) is 0 Å². The molecule has 104 valence electrons. The minimum Gasteiger partial charge on any atom is -0.294 e. The van der Waals surface area contributed by atoms with Gasteiger partial charge in [-0.3, -0.25) is 4.79 Å². The first-order chi connectivity index (χ1) is 9.55. The van der Waals surface area contributed by atoms with Crippen LogP contribution in [0.15, 0.2) is 45.1 Å². The monoisotopic (exact) mass is 324 g/mol. The third-order valence-electron chi connectivity index (χ3n) is 2.36. The summed E-state index contributed by atoms with van der Waals surface area (Å²) in [5.74, 6) is -0.931. The Morgan fingerprint density at radius 3 is 2.20 bits per heavy atom. The molecule has 0 bridgehead atoms. The van der Waals surface area contributed by atoms with Crippen molar-refractivity contribution >= 4 is 50.4 Å². The van der Waals surface area contributed by atoms with Crippen molar-refractivity contribution in [1.82, 2.24) is 0 Å². The smallest absolute Gasteiger partial charge is 0.179 e. The Morgan fingerprint density at radius 2 is 1.65 bits per heavy atom. The highest BCUT2D eigenvalue weighted by atomic mass is 32.2. The third kappa shape index (κ3) is 4.88. The molecule has 0 saturated carbocycles. The van der Waals surface area contributed by atoms with Crippen LogP contribution in [0.3, 0.4) is 0 Å². The lowest BCUT2D eigenvalue weighted by Gasteiger charge is -1.94. The molecule has 0 unspecified atom stereocenters. The third-order valence-corrected chi connectivity index (χ3v) is 5.00. The number of carbonyl (C=O) groups is 1. The van der Waals surface area contributed by atoms with E-state index in [0.717, 1.165) is 16.5 Å². The van der Waals surface area contributed by atoms with Gasteiger partial charge in [0.2, 0.25) is 0 Å². The minimum absolute atomic E-state index is 0.425. The molecule has 0 fully saturated rings. The van der Waals surface area contributed by atoms with Gasteiger partial charge in [-0.05, 0) is 56.9 Å². The Kier molecular flexibility index (Phi) is 5.05. The highest BCUT2D eigenvalue weighted by Gasteiger charge is 2.11. The van der Waals surface area contributed by atoms with Gasteiger partial charge in [-0.1, -0.05) is 6.08 Å². The zero-order valence-corrected chi connectivity index (χ0v) is 12.9. The molecule has 2 aromatic heterocycles. The maximum Gasteiger partial charge on any atom is 0.179 e. The van der Waals surface area contributed by atoms with Gasteiger partial charge < -0.3 is 0 Å². The van der Waals surface area contributed by atoms with Crippen molar-refractivity contribution in [1.29, 1.82) is 0 Å². The molecule has 0 saturated heterocycles. The molecule has 2 rings (SSSR count). The van der Waals surface area contributed by atoms with Crippen molar-refractivity contribution in [2.75, 3.05) is 5.75 Å². The highest BCUT2D eigenvalue weighted by molar-refractivity contribution is 7.95. The van der Waals surface area contributed by atoms with E-state index in [9.17, 15) is 13.2 Å². The lowest BCUT2D eigenvalue weighted by atomic mass is 10.3. The van der Waals surface area contributed by atoms with Crippen LogP contribution in [0.5, 0.6) is 0 Å². The van der Waals surface area contributed by atoms with Crippen LogP contribution in [0.2, 0.25) is 0 Å². The van der Waals surface area contributed by atoms with Gasteiger partial charge in [0.15, 0.2) is 15.6 Å². The molecule has 0 atom stereocenters. The number of hydrogen-bond donors (Lipinski definition) is 0. The zero-order chi connectivity index (χ0) is 14.4. The number of carbonyl (C=O) groups excluding carboxylic acids is 1. The summed E-state index contributed by atoms with van der Waals surface area (Å²) < 4.78 is 23.5. The number of ketones is 1. The van der Waals surface area contributed by atoms with Gasteiger partial charge in [-0.15, -0.1) is 0 Å². The van der Waals surface area contributed by atoms with Crippen LogP contribution in [0.1, 0.15) is 11.1 Å². The van der Waals surface area contributed by atoms with Crippen molar-refractivity contribution in [2.45, 2.75) is 0 Å². The number of hydrogen-bond acceptors (Lipinski definition) is 5. The van der Waals surface area contributed by atoms with Crippen LogP contribution in [0.25, 0.3) is 12.2 Å². The standard InChI is InChI=1S/C14H12O3S3/c15-14(2-1-12-3-6-18-9-12)11-20(16,17)8-5-13-4-7-19-10-13/h1-10H,11H2/b2-1+,8-5+. The van der Waals surface area contributed by atoms with Crippen LogP contribution in [0.4, 0.5) is 0 Å². The number of allylic oxidation sites excluding steroid dienone is 1. The second kappa shape index (κ2) is 6.78. The van der Waals surface area contributed by atoms with E-state index in [0.29, 0.717) is 0 Å². The summed E-state index contributed by atoms with van der Waals surface area (Å²) >= 11 is 3.01. The van der Waals surface area contributed by atoms with Gasteiger partial charge in [-0.25, -0.2) is 8.42 Å². The molecule has 0 radical (unpaired) electrons. The molecule has 0 amide bonds. The van der Waals surface area contributed by atoms with Crippen LogP contribution < -0.4 is 0 Å². The molecular weight excluding hydrogens is 312 g/mol. The van der Waals surface area contributed by atoms with Gasteiger partial charge in [-0.2, -0.15) is 22.7 Å². The first-order valence-electron chi connectivity index (χ1n) is 5.71. The Bertz CT molecular complexity index is 706. The summed E-state index contributed by atoms with van der Waals surface area (Å²) in [4.78, 5) is 11.6. The fourth-order valence-corrected chi connectivity index (χ4v) is 3.62. The summed E-state index contributed by atoms with van der Waals surface area (Å²) in [7, 11) is -3.52. The van der Waals surface area contributed by atoms with Crippen LogP contribution >= 0.6 is 22.7 Å². The molecular formula is C14H12O3S3. The van der Waals surface area contributed by atoms with E-state index in [4.69, 9.17) is 0 Å². The van der Waals surface area contributed by atoms with Gasteiger partial charge >= 0.3 is 0 Å². The normalized spacial score (nSPS) is 12.4. The molecule has 0 aromatic carbocycles. The molecule has 0 aliphatic heterocycles. The van der Waals surface area contributed by atoms with Gasteiger partial charge in [0.05, 0.1) is 0 Å². The molecule has 0 N–H and O–H groups in total. The maximum atomic E-state index is 11.8. The van der Waals surface area contributed by atoms with Crippen LogP contribution in [0, 0.1) is 0 Å². The molecule has 3 nitrogen and oxygen atoms in total. The fraction of sp³-hybridized carbons (Fsp3) is 0.0714. The SMILES string of the molecule is O=C(/C=C/c1ccsc1)CS(=O)(=O)/C=C/c1ccsc1. The molecule has 6 heteroatoms. The Balaban J connectivity index is 1.96. The van der Waals surface area contributed by atoms with Gasteiger partial charge in [0, 0.05) is 5.41 Å². The first-order valence-corrected chi connectivity index (χ1v) is 9.31. The minimum atomic E-state index is -3.52. The van der Waals surface area contributed by atoms with Crippen LogP contribution in [-0.4, -0.2) is 20.0 Å². The van der Waals surface area contributed by atoms with E-state index in [1.807, 2.05) is 33.7 Å². The van der Waals surface area contributed by atoms with Crippen molar-refractivity contribution in [3.63, 3.8) is 0 Å². The quantitative estimate of drug-likeness (QED) is 0.764. The molecule has 0 spiro atoms. The predicted molar refractivity (Wildman–Crippen MR) is 85.5 cm³/mol. The number of thiophene rings is 2. The summed E-state index contributed by atoms with van der Waals surface area (Å²) in [6.45, 7) is 0. The number of sulfone groups is 1. The molecule has 0 aliphatic rings.